The van der Waals surface area contributed by atoms with Crippen LogP contribution in [-0.2, 0) is 17.9 Å². The highest BCUT2D eigenvalue weighted by Crippen LogP contribution is 2.19. The van der Waals surface area contributed by atoms with E-state index < -0.39 is 0 Å². The van der Waals surface area contributed by atoms with Crippen LogP contribution in [0.2, 0.25) is 0 Å². The number of aliphatic hydroxyl groups is 1. The van der Waals surface area contributed by atoms with Crippen LogP contribution in [0.25, 0.3) is 0 Å². The maximum absolute atomic E-state index is 9.33. The third-order valence-corrected chi connectivity index (χ3v) is 4.05. The van der Waals surface area contributed by atoms with E-state index in [0.717, 1.165) is 36.4 Å². The summed E-state index contributed by atoms with van der Waals surface area (Å²) in [5.41, 5.74) is 3.04. The number of aliphatic hydroxyl groups excluding tert-OH is 1. The zero-order valence-electron chi connectivity index (χ0n) is 13.2. The number of nitrogens with one attached hydrogen (secondary N) is 1. The molecule has 2 N–H and O–H groups in total. The van der Waals surface area contributed by atoms with Crippen molar-refractivity contribution in [1.29, 1.82) is 0 Å². The average molecular weight is 313 g/mol. The van der Waals surface area contributed by atoms with Gasteiger partial charge in [0, 0.05) is 24.4 Å². The number of ether oxygens (including phenoxy) is 2. The second-order valence-electron chi connectivity index (χ2n) is 5.76. The number of anilines is 1. The molecular weight excluding hydrogens is 290 g/mol. The molecule has 1 atom stereocenters. The van der Waals surface area contributed by atoms with E-state index in [0.29, 0.717) is 13.2 Å². The second-order valence-corrected chi connectivity index (χ2v) is 5.76. The van der Waals surface area contributed by atoms with Gasteiger partial charge in [-0.25, -0.2) is 0 Å². The van der Waals surface area contributed by atoms with Gasteiger partial charge in [-0.1, -0.05) is 30.3 Å². The van der Waals surface area contributed by atoms with Crippen LogP contribution < -0.4 is 10.1 Å². The molecule has 0 amide bonds. The van der Waals surface area contributed by atoms with E-state index in [1.54, 1.807) is 0 Å². The lowest BCUT2D eigenvalue weighted by atomic mass is 10.1. The lowest BCUT2D eigenvalue weighted by Gasteiger charge is -2.13. The quantitative estimate of drug-likeness (QED) is 0.823. The summed E-state index contributed by atoms with van der Waals surface area (Å²) in [4.78, 5) is 0. The first-order valence-electron chi connectivity index (χ1n) is 8.11. The lowest BCUT2D eigenvalue weighted by Crippen LogP contribution is -2.16. The van der Waals surface area contributed by atoms with Gasteiger partial charge in [-0.3, -0.25) is 0 Å². The lowest BCUT2D eigenvalue weighted by molar-refractivity contribution is 0.0679. The van der Waals surface area contributed by atoms with E-state index >= 15 is 0 Å². The standard InChI is InChI=1S/C19H23NO3/c21-13-16-4-1-2-6-19(16)20-12-15-7-9-17(10-8-15)23-14-18-5-3-11-22-18/h1-2,4,6-10,18,20-21H,3,5,11-14H2. The third-order valence-electron chi connectivity index (χ3n) is 4.05. The molecule has 23 heavy (non-hydrogen) atoms. The van der Waals surface area contributed by atoms with Crippen molar-refractivity contribution in [3.8, 4) is 5.75 Å². The molecule has 2 aromatic rings. The first-order valence-corrected chi connectivity index (χ1v) is 8.11. The minimum atomic E-state index is 0.0409. The normalized spacial score (nSPS) is 17.2. The van der Waals surface area contributed by atoms with Crippen molar-refractivity contribution in [2.75, 3.05) is 18.5 Å². The molecule has 0 aliphatic carbocycles. The van der Waals surface area contributed by atoms with E-state index in [1.165, 1.54) is 5.56 Å². The van der Waals surface area contributed by atoms with E-state index in [2.05, 4.69) is 17.4 Å². The molecule has 0 aromatic heterocycles. The van der Waals surface area contributed by atoms with Crippen molar-refractivity contribution in [2.24, 2.45) is 0 Å². The molecule has 4 nitrogen and oxygen atoms in total. The molecule has 1 aliphatic rings. The van der Waals surface area contributed by atoms with E-state index in [4.69, 9.17) is 9.47 Å². The number of hydrogen-bond donors (Lipinski definition) is 2. The maximum atomic E-state index is 9.33. The summed E-state index contributed by atoms with van der Waals surface area (Å²) in [6.45, 7) is 2.23. The fourth-order valence-corrected chi connectivity index (χ4v) is 2.70. The summed E-state index contributed by atoms with van der Waals surface area (Å²) in [7, 11) is 0. The highest BCUT2D eigenvalue weighted by molar-refractivity contribution is 5.51. The molecule has 2 aromatic carbocycles. The Morgan fingerprint density at radius 3 is 2.70 bits per heavy atom. The molecule has 0 spiro atoms. The molecule has 1 unspecified atom stereocenters. The monoisotopic (exact) mass is 313 g/mol. The summed E-state index contributed by atoms with van der Waals surface area (Å²) < 4.78 is 11.3. The molecule has 1 fully saturated rings. The van der Waals surface area contributed by atoms with Crippen LogP contribution in [0.3, 0.4) is 0 Å². The van der Waals surface area contributed by atoms with Crippen LogP contribution >= 0.6 is 0 Å². The van der Waals surface area contributed by atoms with Gasteiger partial charge >= 0.3 is 0 Å². The molecule has 122 valence electrons. The van der Waals surface area contributed by atoms with Crippen molar-refractivity contribution in [1.82, 2.24) is 0 Å². The van der Waals surface area contributed by atoms with Gasteiger partial charge in [-0.2, -0.15) is 0 Å². The van der Waals surface area contributed by atoms with Crippen molar-refractivity contribution < 1.29 is 14.6 Å². The molecular formula is C19H23NO3. The molecule has 4 heteroatoms. The van der Waals surface area contributed by atoms with Crippen molar-refractivity contribution >= 4 is 5.69 Å². The van der Waals surface area contributed by atoms with Gasteiger partial charge in [0.25, 0.3) is 0 Å². The molecule has 0 saturated carbocycles. The Kier molecular flexibility index (Phi) is 5.51. The van der Waals surface area contributed by atoms with E-state index in [9.17, 15) is 5.11 Å². The Balaban J connectivity index is 1.50. The fourth-order valence-electron chi connectivity index (χ4n) is 2.70. The minimum Gasteiger partial charge on any atom is -0.491 e. The van der Waals surface area contributed by atoms with Gasteiger partial charge in [0.2, 0.25) is 0 Å². The maximum Gasteiger partial charge on any atom is 0.119 e. The van der Waals surface area contributed by atoms with Gasteiger partial charge in [-0.05, 0) is 36.6 Å². The van der Waals surface area contributed by atoms with Crippen LogP contribution in [0.5, 0.6) is 5.75 Å². The van der Waals surface area contributed by atoms with Gasteiger partial charge in [0.1, 0.15) is 12.4 Å². The first kappa shape index (κ1) is 15.8. The van der Waals surface area contributed by atoms with Crippen molar-refractivity contribution in [3.63, 3.8) is 0 Å². The van der Waals surface area contributed by atoms with Gasteiger partial charge in [0.05, 0.1) is 12.7 Å². The predicted molar refractivity (Wildman–Crippen MR) is 90.6 cm³/mol. The number of hydrogen-bond acceptors (Lipinski definition) is 4. The number of rotatable bonds is 7. The molecule has 0 bridgehead atoms. The highest BCUT2D eigenvalue weighted by Gasteiger charge is 2.15. The number of benzene rings is 2. The Hall–Kier alpha value is -2.04. The molecule has 1 saturated heterocycles. The Morgan fingerprint density at radius 1 is 1.13 bits per heavy atom. The summed E-state index contributed by atoms with van der Waals surface area (Å²) in [6.07, 6.45) is 2.46. The van der Waals surface area contributed by atoms with Crippen molar-refractivity contribution in [3.05, 3.63) is 59.7 Å². The van der Waals surface area contributed by atoms with Gasteiger partial charge in [-0.15, -0.1) is 0 Å². The smallest absolute Gasteiger partial charge is 0.119 e. The molecule has 1 heterocycles. The zero-order valence-corrected chi connectivity index (χ0v) is 13.2. The second kappa shape index (κ2) is 7.99. The molecule has 3 rings (SSSR count). The van der Waals surface area contributed by atoms with Crippen LogP contribution in [0.4, 0.5) is 5.69 Å². The van der Waals surface area contributed by atoms with Crippen LogP contribution in [0.1, 0.15) is 24.0 Å². The first-order chi connectivity index (χ1) is 11.3. The fraction of sp³-hybridized carbons (Fsp3) is 0.368. The largest absolute Gasteiger partial charge is 0.491 e. The van der Waals surface area contributed by atoms with Crippen LogP contribution in [0.15, 0.2) is 48.5 Å². The molecule has 1 aliphatic heterocycles. The summed E-state index contributed by atoms with van der Waals surface area (Å²) in [6, 6.07) is 15.9. The van der Waals surface area contributed by atoms with Gasteiger partial charge < -0.3 is 19.9 Å². The topological polar surface area (TPSA) is 50.7 Å². The van der Waals surface area contributed by atoms with E-state index in [-0.39, 0.29) is 12.7 Å². The predicted octanol–water partition coefficient (Wildman–Crippen LogP) is 3.35. The van der Waals surface area contributed by atoms with Gasteiger partial charge in [0.15, 0.2) is 0 Å². The average Bonchev–Trinajstić information content (AvgIpc) is 3.13. The third kappa shape index (κ3) is 4.47. The summed E-state index contributed by atoms with van der Waals surface area (Å²) in [5, 5.41) is 12.7. The molecule has 0 radical (unpaired) electrons. The Labute approximate surface area is 137 Å². The highest BCUT2D eigenvalue weighted by atomic mass is 16.5. The van der Waals surface area contributed by atoms with Crippen LogP contribution in [0, 0.1) is 0 Å². The Morgan fingerprint density at radius 2 is 1.96 bits per heavy atom. The van der Waals surface area contributed by atoms with Crippen molar-refractivity contribution in [2.45, 2.75) is 32.1 Å². The SMILES string of the molecule is OCc1ccccc1NCc1ccc(OCC2CCCO2)cc1. The summed E-state index contributed by atoms with van der Waals surface area (Å²) >= 11 is 0. The zero-order chi connectivity index (χ0) is 15.9. The Bertz CT molecular complexity index is 606. The van der Waals surface area contributed by atoms with Crippen LogP contribution in [-0.4, -0.2) is 24.4 Å². The van der Waals surface area contributed by atoms with E-state index in [1.807, 2.05) is 36.4 Å². The minimum absolute atomic E-state index is 0.0409. The number of para-hydroxylation sites is 1. The summed E-state index contributed by atoms with van der Waals surface area (Å²) in [5.74, 6) is 0.875.